The minimum absolute atomic E-state index is 0.124. The molecule has 1 fully saturated rings. The quantitative estimate of drug-likeness (QED) is 0.333. The summed E-state index contributed by atoms with van der Waals surface area (Å²) in [6.45, 7) is 8.84. The van der Waals surface area contributed by atoms with Crippen LogP contribution < -0.4 is 21.3 Å². The molecule has 1 atom stereocenters. The summed E-state index contributed by atoms with van der Waals surface area (Å²) in [6.07, 6.45) is 4.39. The van der Waals surface area contributed by atoms with Crippen LogP contribution in [-0.2, 0) is 28.6 Å². The lowest BCUT2D eigenvalue weighted by Gasteiger charge is -2.25. The van der Waals surface area contributed by atoms with Gasteiger partial charge in [0.25, 0.3) is 0 Å². The van der Waals surface area contributed by atoms with Crippen LogP contribution in [-0.4, -0.2) is 69.6 Å². The molecule has 4 N–H and O–H groups in total. The highest BCUT2D eigenvalue weighted by molar-refractivity contribution is 5.88. The van der Waals surface area contributed by atoms with Crippen molar-refractivity contribution < 1.29 is 22.8 Å². The Hall–Kier alpha value is -3.37. The average Bonchev–Trinajstić information content (AvgIpc) is 2.96. The third-order valence-electron chi connectivity index (χ3n) is 7.53. The number of carbonyl (C=O) groups is 2. The predicted molar refractivity (Wildman–Crippen MR) is 180 cm³/mol. The first kappa shape index (κ1) is 38.8. The highest BCUT2D eigenvalue weighted by Gasteiger charge is 2.30. The molecule has 7 nitrogen and oxygen atoms in total. The number of allylic oxidation sites excluding steroid dienone is 1. The number of hydrogen-bond acceptors (Lipinski definition) is 5. The van der Waals surface area contributed by atoms with Gasteiger partial charge in [-0.1, -0.05) is 68.3 Å². The fourth-order valence-corrected chi connectivity index (χ4v) is 5.06. The Balaban J connectivity index is 0.000000437. The van der Waals surface area contributed by atoms with Crippen LogP contribution in [0.3, 0.4) is 0 Å². The maximum absolute atomic E-state index is 12.8. The monoisotopic (exact) mass is 645 g/mol. The van der Waals surface area contributed by atoms with Crippen LogP contribution in [0.1, 0.15) is 74.6 Å². The molecule has 1 aliphatic heterocycles. The van der Waals surface area contributed by atoms with Gasteiger partial charge in [0.2, 0.25) is 11.8 Å². The number of nitrogens with zero attached hydrogens (tertiary/aromatic N) is 1. The molecule has 0 saturated heterocycles. The van der Waals surface area contributed by atoms with Crippen LogP contribution in [0, 0.1) is 6.92 Å². The number of amides is 2. The lowest BCUT2D eigenvalue weighted by atomic mass is 9.90. The van der Waals surface area contributed by atoms with Crippen molar-refractivity contribution >= 4 is 11.8 Å². The Kier molecular flexibility index (Phi) is 17.5. The van der Waals surface area contributed by atoms with Gasteiger partial charge in [0.05, 0.1) is 12.1 Å². The smallest absolute Gasteiger partial charge is 0.379 e. The van der Waals surface area contributed by atoms with Crippen molar-refractivity contribution in [1.29, 1.82) is 0 Å². The third-order valence-corrected chi connectivity index (χ3v) is 7.53. The molecular formula is C36H54F3N5O2. The summed E-state index contributed by atoms with van der Waals surface area (Å²) in [6, 6.07) is 13.3. The molecule has 2 aromatic carbocycles. The summed E-state index contributed by atoms with van der Waals surface area (Å²) < 4.78 is 35.9. The largest absolute Gasteiger partial charge is 0.416 e. The summed E-state index contributed by atoms with van der Waals surface area (Å²) in [5.74, 6) is -0.278. The lowest BCUT2D eigenvalue weighted by Crippen LogP contribution is -2.53. The van der Waals surface area contributed by atoms with E-state index in [-0.39, 0.29) is 18.4 Å². The van der Waals surface area contributed by atoms with Gasteiger partial charge in [0.15, 0.2) is 0 Å². The average molecular weight is 646 g/mol. The van der Waals surface area contributed by atoms with E-state index in [1.165, 1.54) is 35.6 Å². The van der Waals surface area contributed by atoms with Crippen LogP contribution in [0.4, 0.5) is 13.2 Å². The Bertz CT molecular complexity index is 1240. The van der Waals surface area contributed by atoms with E-state index in [2.05, 4.69) is 59.4 Å². The Morgan fingerprint density at radius 3 is 1.98 bits per heavy atom. The number of likely N-dealkylation sites (N-methyl/N-ethyl adjacent to an activating group) is 1. The summed E-state index contributed by atoms with van der Waals surface area (Å²) in [5, 5.41) is 12.8. The number of nitrogens with one attached hydrogen (secondary N) is 4. The number of hydrogen-bond donors (Lipinski definition) is 4. The van der Waals surface area contributed by atoms with E-state index < -0.39 is 17.8 Å². The van der Waals surface area contributed by atoms with Gasteiger partial charge in [0, 0.05) is 25.3 Å². The highest BCUT2D eigenvalue weighted by atomic mass is 19.4. The molecule has 2 amide bonds. The van der Waals surface area contributed by atoms with Crippen molar-refractivity contribution in [2.24, 2.45) is 0 Å². The van der Waals surface area contributed by atoms with Crippen molar-refractivity contribution in [3.8, 4) is 0 Å². The number of fused-ring (bicyclic) bond motifs is 1. The molecular weight excluding hydrogens is 591 g/mol. The summed E-state index contributed by atoms with van der Waals surface area (Å²) in [5.41, 5.74) is 5.35. The topological polar surface area (TPSA) is 85.5 Å². The Morgan fingerprint density at radius 2 is 1.46 bits per heavy atom. The number of carbonyl (C=O) groups excluding carboxylic acids is 2. The highest BCUT2D eigenvalue weighted by Crippen LogP contribution is 2.29. The molecule has 1 heterocycles. The number of alkyl halides is 3. The van der Waals surface area contributed by atoms with Crippen LogP contribution in [0.2, 0.25) is 0 Å². The zero-order chi connectivity index (χ0) is 34.0. The van der Waals surface area contributed by atoms with Crippen molar-refractivity contribution in [3.05, 3.63) is 82.1 Å². The van der Waals surface area contributed by atoms with Gasteiger partial charge >= 0.3 is 6.18 Å². The van der Waals surface area contributed by atoms with Crippen molar-refractivity contribution in [3.63, 3.8) is 0 Å². The SMILES string of the molecule is CCC.CN(C)CC1NC(=O)CNC(=C2CCC2)CNCCCc2ccccc2CCCNC1=O.Cc1cccc(C(F)(F)F)c1. The van der Waals surface area contributed by atoms with Gasteiger partial charge in [-0.25, -0.2) is 0 Å². The Labute approximate surface area is 273 Å². The number of rotatable bonds is 2. The van der Waals surface area contributed by atoms with Crippen molar-refractivity contribution in [2.75, 3.05) is 46.8 Å². The molecule has 10 heteroatoms. The zero-order valence-corrected chi connectivity index (χ0v) is 28.3. The molecule has 0 aromatic heterocycles. The van der Waals surface area contributed by atoms with E-state index >= 15 is 0 Å². The molecule has 2 aliphatic rings. The van der Waals surface area contributed by atoms with E-state index in [0.29, 0.717) is 18.7 Å². The second-order valence-corrected chi connectivity index (χ2v) is 12.2. The van der Waals surface area contributed by atoms with Gasteiger partial charge in [0.1, 0.15) is 6.04 Å². The molecule has 46 heavy (non-hydrogen) atoms. The molecule has 1 saturated carbocycles. The molecule has 0 spiro atoms. The van der Waals surface area contributed by atoms with Gasteiger partial charge in [-0.2, -0.15) is 13.2 Å². The van der Waals surface area contributed by atoms with E-state index in [1.54, 1.807) is 13.0 Å². The van der Waals surface area contributed by atoms with Gasteiger partial charge in [-0.3, -0.25) is 9.59 Å². The fourth-order valence-electron chi connectivity index (χ4n) is 5.06. The first-order valence-electron chi connectivity index (χ1n) is 16.5. The minimum atomic E-state index is -4.22. The normalized spacial score (nSPS) is 18.5. The first-order valence-corrected chi connectivity index (χ1v) is 16.5. The van der Waals surface area contributed by atoms with Crippen LogP contribution in [0.5, 0.6) is 0 Å². The second-order valence-electron chi connectivity index (χ2n) is 12.2. The van der Waals surface area contributed by atoms with E-state index in [0.717, 1.165) is 69.4 Å². The van der Waals surface area contributed by atoms with Crippen LogP contribution >= 0.6 is 0 Å². The predicted octanol–water partition coefficient (Wildman–Crippen LogP) is 5.78. The molecule has 0 bridgehead atoms. The molecule has 1 aliphatic carbocycles. The second kappa shape index (κ2) is 20.7. The van der Waals surface area contributed by atoms with Crippen LogP contribution in [0.15, 0.2) is 59.8 Å². The van der Waals surface area contributed by atoms with E-state index in [4.69, 9.17) is 0 Å². The standard InChI is InChI=1S/C25H39N5O2.C8H7F3.C3H8/c1-30(2)18-23-25(32)27-15-7-13-20-9-4-3-8-19(20)12-6-14-26-16-22(21-10-5-11-21)28-17-24(31)29-23;1-6-3-2-4-7(5-6)8(9,10)11;1-3-2/h3-4,8-9,23,26,28H,5-7,10-18H2,1-2H3,(H,27,32)(H,29,31);2-5H,1H3;3H2,1-2H3. The Morgan fingerprint density at radius 1 is 0.826 bits per heavy atom. The number of benzene rings is 2. The number of halogens is 3. The molecule has 256 valence electrons. The zero-order valence-electron chi connectivity index (χ0n) is 28.3. The minimum Gasteiger partial charge on any atom is -0.379 e. The molecule has 2 aromatic rings. The summed E-state index contributed by atoms with van der Waals surface area (Å²) >= 11 is 0. The maximum atomic E-state index is 12.8. The van der Waals surface area contributed by atoms with Gasteiger partial charge < -0.3 is 26.2 Å². The van der Waals surface area contributed by atoms with E-state index in [1.807, 2.05) is 19.0 Å². The maximum Gasteiger partial charge on any atom is 0.416 e. The third kappa shape index (κ3) is 14.8. The lowest BCUT2D eigenvalue weighted by molar-refractivity contribution is -0.137. The van der Waals surface area contributed by atoms with E-state index in [9.17, 15) is 22.8 Å². The van der Waals surface area contributed by atoms with Crippen molar-refractivity contribution in [1.82, 2.24) is 26.2 Å². The summed E-state index contributed by atoms with van der Waals surface area (Å²) in [7, 11) is 3.82. The van der Waals surface area contributed by atoms with Crippen LogP contribution in [0.25, 0.3) is 0 Å². The molecule has 4 rings (SSSR count). The van der Waals surface area contributed by atoms with Crippen molar-refractivity contribution in [2.45, 2.75) is 84.4 Å². The number of aryl methyl sites for hydroxylation is 3. The fraction of sp³-hybridized carbons (Fsp3) is 0.556. The molecule has 1 unspecified atom stereocenters. The van der Waals surface area contributed by atoms with Gasteiger partial charge in [-0.05, 0) is 95.3 Å². The summed E-state index contributed by atoms with van der Waals surface area (Å²) in [4.78, 5) is 27.3. The molecule has 0 radical (unpaired) electrons. The first-order chi connectivity index (χ1) is 21.9. The van der Waals surface area contributed by atoms with Gasteiger partial charge in [-0.15, -0.1) is 0 Å².